The van der Waals surface area contributed by atoms with Crippen molar-refractivity contribution in [3.05, 3.63) is 72.3 Å². The molecule has 2 amide bonds. The van der Waals surface area contributed by atoms with E-state index in [1.807, 2.05) is 42.2 Å². The predicted molar refractivity (Wildman–Crippen MR) is 119 cm³/mol. The van der Waals surface area contributed by atoms with E-state index in [1.165, 1.54) is 6.33 Å². The molecule has 31 heavy (non-hydrogen) atoms. The smallest absolute Gasteiger partial charge is 0.317 e. The second-order valence-electron chi connectivity index (χ2n) is 7.44. The first-order chi connectivity index (χ1) is 15.2. The van der Waals surface area contributed by atoms with Crippen LogP contribution >= 0.6 is 0 Å². The molecule has 1 N–H and O–H groups in total. The third kappa shape index (κ3) is 5.33. The van der Waals surface area contributed by atoms with Crippen LogP contribution < -0.4 is 15.0 Å². The zero-order chi connectivity index (χ0) is 21.5. The van der Waals surface area contributed by atoms with Gasteiger partial charge in [0.2, 0.25) is 0 Å². The number of carbonyl (C=O) groups is 1. The van der Waals surface area contributed by atoms with Crippen LogP contribution in [0.3, 0.4) is 0 Å². The van der Waals surface area contributed by atoms with Gasteiger partial charge in [0.1, 0.15) is 18.4 Å². The predicted octanol–water partition coefficient (Wildman–Crippen LogP) is 2.76. The fraction of sp³-hybridized carbons (Fsp3) is 0.348. The number of rotatable bonds is 7. The van der Waals surface area contributed by atoms with Gasteiger partial charge in [0.25, 0.3) is 0 Å². The van der Waals surface area contributed by atoms with Gasteiger partial charge in [-0.1, -0.05) is 36.4 Å². The van der Waals surface area contributed by atoms with E-state index < -0.39 is 0 Å². The van der Waals surface area contributed by atoms with Crippen LogP contribution in [0, 0.1) is 0 Å². The number of urea groups is 1. The number of nitrogens with one attached hydrogen (secondary N) is 1. The lowest BCUT2D eigenvalue weighted by atomic mass is 10.1. The van der Waals surface area contributed by atoms with Gasteiger partial charge in [0.15, 0.2) is 0 Å². The summed E-state index contributed by atoms with van der Waals surface area (Å²) in [5.41, 5.74) is 3.30. The molecule has 3 aromatic rings. The highest BCUT2D eigenvalue weighted by molar-refractivity contribution is 5.74. The molecule has 0 aliphatic carbocycles. The number of aromatic nitrogens is 3. The van der Waals surface area contributed by atoms with E-state index in [-0.39, 0.29) is 6.03 Å². The number of nitrogens with zero attached hydrogens (tertiary/aromatic N) is 5. The number of amides is 2. The third-order valence-corrected chi connectivity index (χ3v) is 5.35. The molecule has 1 aromatic heterocycles. The van der Waals surface area contributed by atoms with Crippen molar-refractivity contribution >= 4 is 11.7 Å². The van der Waals surface area contributed by atoms with Crippen molar-refractivity contribution in [3.63, 3.8) is 0 Å². The van der Waals surface area contributed by atoms with Crippen LogP contribution in [0.4, 0.5) is 10.5 Å². The molecule has 1 aliphatic heterocycles. The molecule has 0 spiro atoms. The summed E-state index contributed by atoms with van der Waals surface area (Å²) in [7, 11) is 0. The van der Waals surface area contributed by atoms with Crippen LogP contribution in [0.25, 0.3) is 0 Å². The van der Waals surface area contributed by atoms with Gasteiger partial charge in [0.05, 0.1) is 18.8 Å². The van der Waals surface area contributed by atoms with Crippen LogP contribution in [0.2, 0.25) is 0 Å². The molecule has 0 atom stereocenters. The summed E-state index contributed by atoms with van der Waals surface area (Å²) in [5.74, 6) is 0.898. The molecule has 4 rings (SSSR count). The Kier molecular flexibility index (Phi) is 6.66. The Labute approximate surface area is 182 Å². The van der Waals surface area contributed by atoms with E-state index in [0.29, 0.717) is 32.8 Å². The molecule has 2 heterocycles. The summed E-state index contributed by atoms with van der Waals surface area (Å²) in [4.78, 5) is 20.7. The highest BCUT2D eigenvalue weighted by Gasteiger charge is 2.22. The second kappa shape index (κ2) is 9.97. The van der Waals surface area contributed by atoms with E-state index in [0.717, 1.165) is 35.7 Å². The standard InChI is InChI=1S/C23H28N6O2/c1-2-31-22-6-4-3-5-21(22)27-11-13-28(14-12-27)23(30)25-15-19-7-9-20(10-8-19)16-29-18-24-17-26-29/h3-10,17-18H,2,11-16H2,1H3,(H,25,30). The maximum absolute atomic E-state index is 12.6. The molecule has 0 radical (unpaired) electrons. The highest BCUT2D eigenvalue weighted by atomic mass is 16.5. The van der Waals surface area contributed by atoms with Crippen molar-refractivity contribution in [2.75, 3.05) is 37.7 Å². The molecule has 0 saturated carbocycles. The zero-order valence-corrected chi connectivity index (χ0v) is 17.8. The van der Waals surface area contributed by atoms with Gasteiger partial charge in [-0.25, -0.2) is 14.5 Å². The highest BCUT2D eigenvalue weighted by Crippen LogP contribution is 2.28. The molecule has 0 unspecified atom stereocenters. The molecule has 8 nitrogen and oxygen atoms in total. The minimum Gasteiger partial charge on any atom is -0.492 e. The second-order valence-corrected chi connectivity index (χ2v) is 7.44. The Hall–Kier alpha value is -3.55. The van der Waals surface area contributed by atoms with Gasteiger partial charge in [0, 0.05) is 32.7 Å². The van der Waals surface area contributed by atoms with Crippen molar-refractivity contribution in [2.24, 2.45) is 0 Å². The van der Waals surface area contributed by atoms with Crippen LogP contribution in [0.15, 0.2) is 61.2 Å². The van der Waals surface area contributed by atoms with Crippen molar-refractivity contribution in [3.8, 4) is 5.75 Å². The summed E-state index contributed by atoms with van der Waals surface area (Å²) in [6.45, 7) is 6.76. The van der Waals surface area contributed by atoms with Crippen LogP contribution in [0.1, 0.15) is 18.1 Å². The van der Waals surface area contributed by atoms with Gasteiger partial charge in [-0.2, -0.15) is 5.10 Å². The lowest BCUT2D eigenvalue weighted by Gasteiger charge is -2.36. The van der Waals surface area contributed by atoms with Crippen LogP contribution in [-0.4, -0.2) is 58.5 Å². The summed E-state index contributed by atoms with van der Waals surface area (Å²) in [6.07, 6.45) is 3.23. The first-order valence-corrected chi connectivity index (χ1v) is 10.6. The number of carbonyl (C=O) groups excluding carboxylic acids is 1. The topological polar surface area (TPSA) is 75.5 Å². The van der Waals surface area contributed by atoms with E-state index in [2.05, 4.69) is 38.5 Å². The van der Waals surface area contributed by atoms with Gasteiger partial charge < -0.3 is 19.9 Å². The minimum atomic E-state index is -0.0237. The Morgan fingerprint density at radius 1 is 1.03 bits per heavy atom. The quantitative estimate of drug-likeness (QED) is 0.636. The zero-order valence-electron chi connectivity index (χ0n) is 17.8. The fourth-order valence-electron chi connectivity index (χ4n) is 3.70. The van der Waals surface area contributed by atoms with E-state index in [4.69, 9.17) is 4.74 Å². The molecule has 1 fully saturated rings. The maximum atomic E-state index is 12.6. The van der Waals surface area contributed by atoms with Crippen molar-refractivity contribution in [1.82, 2.24) is 25.0 Å². The van der Waals surface area contributed by atoms with Crippen molar-refractivity contribution in [1.29, 1.82) is 0 Å². The number of hydrogen-bond donors (Lipinski definition) is 1. The van der Waals surface area contributed by atoms with Gasteiger partial charge >= 0.3 is 6.03 Å². The molecule has 8 heteroatoms. The van der Waals surface area contributed by atoms with Crippen molar-refractivity contribution in [2.45, 2.75) is 20.0 Å². The van der Waals surface area contributed by atoms with Crippen molar-refractivity contribution < 1.29 is 9.53 Å². The van der Waals surface area contributed by atoms with Gasteiger partial charge in [-0.05, 0) is 30.2 Å². The number of anilines is 1. The number of benzene rings is 2. The Morgan fingerprint density at radius 3 is 2.48 bits per heavy atom. The number of para-hydroxylation sites is 2. The Bertz CT molecular complexity index is 966. The number of hydrogen-bond acceptors (Lipinski definition) is 5. The van der Waals surface area contributed by atoms with Crippen LogP contribution in [0.5, 0.6) is 5.75 Å². The molecule has 162 valence electrons. The monoisotopic (exact) mass is 420 g/mol. The summed E-state index contributed by atoms with van der Waals surface area (Å²) >= 11 is 0. The minimum absolute atomic E-state index is 0.0237. The summed E-state index contributed by atoms with van der Waals surface area (Å²) in [6, 6.07) is 16.2. The van der Waals surface area contributed by atoms with E-state index >= 15 is 0 Å². The van der Waals surface area contributed by atoms with Gasteiger partial charge in [-0.3, -0.25) is 0 Å². The first kappa shape index (κ1) is 20.7. The average molecular weight is 421 g/mol. The molecule has 2 aromatic carbocycles. The van der Waals surface area contributed by atoms with E-state index in [1.54, 1.807) is 11.0 Å². The molecule has 1 aliphatic rings. The Balaban J connectivity index is 1.25. The fourth-order valence-corrected chi connectivity index (χ4v) is 3.70. The third-order valence-electron chi connectivity index (χ3n) is 5.35. The molecule has 1 saturated heterocycles. The largest absolute Gasteiger partial charge is 0.492 e. The summed E-state index contributed by atoms with van der Waals surface area (Å²) in [5, 5.41) is 7.15. The normalized spacial score (nSPS) is 13.8. The number of piperazine rings is 1. The lowest BCUT2D eigenvalue weighted by Crippen LogP contribution is -2.51. The maximum Gasteiger partial charge on any atom is 0.317 e. The van der Waals surface area contributed by atoms with Crippen LogP contribution in [-0.2, 0) is 13.1 Å². The summed E-state index contributed by atoms with van der Waals surface area (Å²) < 4.78 is 7.53. The Morgan fingerprint density at radius 2 is 1.77 bits per heavy atom. The SMILES string of the molecule is CCOc1ccccc1N1CCN(C(=O)NCc2ccc(Cn3cncn3)cc2)CC1. The molecule has 0 bridgehead atoms. The molecular formula is C23H28N6O2. The number of ether oxygens (including phenoxy) is 1. The lowest BCUT2D eigenvalue weighted by molar-refractivity contribution is 0.194. The van der Waals surface area contributed by atoms with E-state index in [9.17, 15) is 4.79 Å². The first-order valence-electron chi connectivity index (χ1n) is 10.6. The average Bonchev–Trinajstić information content (AvgIpc) is 3.32. The molecular weight excluding hydrogens is 392 g/mol. The van der Waals surface area contributed by atoms with Gasteiger partial charge in [-0.15, -0.1) is 0 Å².